The van der Waals surface area contributed by atoms with E-state index in [-0.39, 0.29) is 0 Å². The first-order valence-electron chi connectivity index (χ1n) is 11.2. The second kappa shape index (κ2) is 6.97. The lowest BCUT2D eigenvalue weighted by Crippen LogP contribution is -2.49. The highest BCUT2D eigenvalue weighted by Crippen LogP contribution is 2.62. The topological polar surface area (TPSA) is 32.7 Å². The lowest BCUT2D eigenvalue weighted by molar-refractivity contribution is 0.0485. The van der Waals surface area contributed by atoms with Gasteiger partial charge < -0.3 is 14.7 Å². The Bertz CT molecular complexity index is 909. The molecule has 0 heterocycles. The van der Waals surface area contributed by atoms with Crippen molar-refractivity contribution in [1.82, 2.24) is 0 Å². The van der Waals surface area contributed by atoms with Gasteiger partial charge in [-0.05, 0) is 97.1 Å². The van der Waals surface area contributed by atoms with Gasteiger partial charge in [-0.3, -0.25) is 0 Å². The van der Waals surface area contributed by atoms with E-state index < -0.39 is 0 Å². The zero-order chi connectivity index (χ0) is 20.2. The molecule has 0 amide bonds. The van der Waals surface area contributed by atoms with E-state index in [0.717, 1.165) is 23.3 Å². The maximum absolute atomic E-state index is 10.4. The Morgan fingerprint density at radius 1 is 1.07 bits per heavy atom. The van der Waals surface area contributed by atoms with Crippen LogP contribution in [0.4, 0.5) is 5.69 Å². The first-order valence-corrected chi connectivity index (χ1v) is 11.2. The standard InChI is InChI=1S/C26H33NO2/c1-26-15-14-20-19-11-9-18(29-3)16-17(19)8-10-21(20)22(26)12-13-25(26)27(2)23-6-4-5-7-24(23)28/h4-7,9,11,16,20-22,25,28H,8,10,12-15H2,1-3H3/t20-,21-,22+,25-,26+/m1/s1. The highest BCUT2D eigenvalue weighted by atomic mass is 16.5. The molecule has 3 aliphatic rings. The predicted octanol–water partition coefficient (Wildman–Crippen LogP) is 5.76. The van der Waals surface area contributed by atoms with Gasteiger partial charge in [0, 0.05) is 13.1 Å². The van der Waals surface area contributed by atoms with E-state index in [9.17, 15) is 5.11 Å². The Morgan fingerprint density at radius 2 is 1.90 bits per heavy atom. The molecule has 3 nitrogen and oxygen atoms in total. The number of aromatic hydroxyl groups is 1. The number of rotatable bonds is 3. The lowest BCUT2D eigenvalue weighted by atomic mass is 9.55. The molecule has 154 valence electrons. The molecule has 2 saturated carbocycles. The molecular formula is C26H33NO2. The highest BCUT2D eigenvalue weighted by molar-refractivity contribution is 5.58. The van der Waals surface area contributed by atoms with Crippen molar-refractivity contribution in [2.75, 3.05) is 19.1 Å². The van der Waals surface area contributed by atoms with Crippen molar-refractivity contribution in [3.8, 4) is 11.5 Å². The third-order valence-electron chi connectivity index (χ3n) is 8.61. The first kappa shape index (κ1) is 18.8. The zero-order valence-corrected chi connectivity index (χ0v) is 17.9. The summed E-state index contributed by atoms with van der Waals surface area (Å²) in [6.45, 7) is 2.53. The predicted molar refractivity (Wildman–Crippen MR) is 118 cm³/mol. The molecule has 5 rings (SSSR count). The molecular weight excluding hydrogens is 358 g/mol. The first-order chi connectivity index (χ1) is 14.0. The van der Waals surface area contributed by atoms with Crippen molar-refractivity contribution >= 4 is 5.69 Å². The summed E-state index contributed by atoms with van der Waals surface area (Å²) < 4.78 is 5.47. The normalized spacial score (nSPS) is 32.8. The van der Waals surface area contributed by atoms with Crippen molar-refractivity contribution in [2.24, 2.45) is 17.3 Å². The quantitative estimate of drug-likeness (QED) is 0.722. The fourth-order valence-electron chi connectivity index (χ4n) is 7.22. The average Bonchev–Trinajstić information content (AvgIpc) is 3.10. The largest absolute Gasteiger partial charge is 0.506 e. The van der Waals surface area contributed by atoms with Crippen LogP contribution in [0.2, 0.25) is 0 Å². The second-order valence-electron chi connectivity index (χ2n) is 9.72. The molecule has 2 fully saturated rings. The molecule has 3 aliphatic carbocycles. The summed E-state index contributed by atoms with van der Waals surface area (Å²) in [5, 5.41) is 10.4. The van der Waals surface area contributed by atoms with Crippen LogP contribution in [0.15, 0.2) is 42.5 Å². The maximum Gasteiger partial charge on any atom is 0.138 e. The van der Waals surface area contributed by atoms with Gasteiger partial charge in [0.2, 0.25) is 0 Å². The van der Waals surface area contributed by atoms with E-state index >= 15 is 0 Å². The van der Waals surface area contributed by atoms with E-state index in [1.54, 1.807) is 12.7 Å². The Hall–Kier alpha value is -2.16. The van der Waals surface area contributed by atoms with Crippen LogP contribution in [-0.4, -0.2) is 25.3 Å². The molecule has 0 aliphatic heterocycles. The van der Waals surface area contributed by atoms with Gasteiger partial charge in [-0.25, -0.2) is 0 Å². The molecule has 3 heteroatoms. The van der Waals surface area contributed by atoms with Gasteiger partial charge in [0.15, 0.2) is 0 Å². The molecule has 1 N–H and O–H groups in total. The number of hydrogen-bond acceptors (Lipinski definition) is 3. The third kappa shape index (κ3) is 2.85. The molecule has 0 saturated heterocycles. The van der Waals surface area contributed by atoms with Gasteiger partial charge in [-0.1, -0.05) is 25.1 Å². The Kier molecular flexibility index (Phi) is 4.53. The monoisotopic (exact) mass is 391 g/mol. The number of para-hydroxylation sites is 2. The van der Waals surface area contributed by atoms with E-state index in [1.807, 2.05) is 18.2 Å². The molecule has 29 heavy (non-hydrogen) atoms. The smallest absolute Gasteiger partial charge is 0.138 e. The van der Waals surface area contributed by atoms with E-state index in [1.165, 1.54) is 44.1 Å². The van der Waals surface area contributed by atoms with E-state index in [4.69, 9.17) is 4.74 Å². The average molecular weight is 392 g/mol. The van der Waals surface area contributed by atoms with Gasteiger partial charge >= 0.3 is 0 Å². The zero-order valence-electron chi connectivity index (χ0n) is 17.9. The molecule has 0 unspecified atom stereocenters. The van der Waals surface area contributed by atoms with Crippen LogP contribution in [0.3, 0.4) is 0 Å². The number of methoxy groups -OCH3 is 1. The number of hydrogen-bond donors (Lipinski definition) is 1. The van der Waals surface area contributed by atoms with Gasteiger partial charge in [-0.15, -0.1) is 0 Å². The van der Waals surface area contributed by atoms with Crippen molar-refractivity contribution < 1.29 is 9.84 Å². The number of nitrogens with zero attached hydrogens (tertiary/aromatic N) is 1. The Morgan fingerprint density at radius 3 is 2.69 bits per heavy atom. The third-order valence-corrected chi connectivity index (χ3v) is 8.61. The summed E-state index contributed by atoms with van der Waals surface area (Å²) >= 11 is 0. The minimum Gasteiger partial charge on any atom is -0.506 e. The highest BCUT2D eigenvalue weighted by Gasteiger charge is 2.55. The van der Waals surface area contributed by atoms with Crippen LogP contribution in [0.1, 0.15) is 56.1 Å². The molecule has 2 aromatic carbocycles. The van der Waals surface area contributed by atoms with E-state index in [2.05, 4.69) is 43.1 Å². The molecule has 0 bridgehead atoms. The summed E-state index contributed by atoms with van der Waals surface area (Å²) in [5.41, 5.74) is 4.39. The Labute approximate surface area is 174 Å². The van der Waals surface area contributed by atoms with Gasteiger partial charge in [0.25, 0.3) is 0 Å². The maximum atomic E-state index is 10.4. The van der Waals surface area contributed by atoms with E-state index in [0.29, 0.717) is 23.1 Å². The lowest BCUT2D eigenvalue weighted by Gasteiger charge is -2.52. The van der Waals surface area contributed by atoms with Crippen LogP contribution in [-0.2, 0) is 6.42 Å². The fourth-order valence-corrected chi connectivity index (χ4v) is 7.22. The SMILES string of the molecule is COc1ccc2c(c1)CC[C@@H]1[C@@H]2CC[C@@]2(C)[C@H]1CC[C@H]2N(C)c1ccccc1O. The summed E-state index contributed by atoms with van der Waals surface area (Å²) in [6.07, 6.45) is 7.57. The molecule has 5 atom stereocenters. The van der Waals surface area contributed by atoms with Crippen molar-refractivity contribution in [3.63, 3.8) is 0 Å². The van der Waals surface area contributed by atoms with Crippen LogP contribution in [0.25, 0.3) is 0 Å². The summed E-state index contributed by atoms with van der Waals surface area (Å²) in [6, 6.07) is 15.1. The number of aryl methyl sites for hydroxylation is 1. The van der Waals surface area contributed by atoms with Crippen LogP contribution in [0.5, 0.6) is 11.5 Å². The Balaban J connectivity index is 1.43. The summed E-state index contributed by atoms with van der Waals surface area (Å²) in [5.74, 6) is 3.66. The van der Waals surface area contributed by atoms with Gasteiger partial charge in [0.05, 0.1) is 12.8 Å². The number of ether oxygens (including phenoxy) is 1. The van der Waals surface area contributed by atoms with Gasteiger partial charge in [-0.2, -0.15) is 0 Å². The molecule has 0 radical (unpaired) electrons. The van der Waals surface area contributed by atoms with Crippen LogP contribution in [0, 0.1) is 17.3 Å². The minimum atomic E-state index is 0.322. The van der Waals surface area contributed by atoms with Crippen molar-refractivity contribution in [2.45, 2.75) is 57.4 Å². The van der Waals surface area contributed by atoms with Crippen LogP contribution < -0.4 is 9.64 Å². The molecule has 2 aromatic rings. The van der Waals surface area contributed by atoms with Gasteiger partial charge in [0.1, 0.15) is 11.5 Å². The number of phenols is 1. The number of phenolic OH excluding ortho intramolecular Hbond substituents is 1. The van der Waals surface area contributed by atoms with Crippen molar-refractivity contribution in [3.05, 3.63) is 53.6 Å². The molecule has 0 spiro atoms. The number of fused-ring (bicyclic) bond motifs is 5. The number of benzene rings is 2. The summed E-state index contributed by atoms with van der Waals surface area (Å²) in [7, 11) is 3.95. The summed E-state index contributed by atoms with van der Waals surface area (Å²) in [4.78, 5) is 2.37. The second-order valence-corrected chi connectivity index (χ2v) is 9.72. The fraction of sp³-hybridized carbons (Fsp3) is 0.538. The van der Waals surface area contributed by atoms with Crippen molar-refractivity contribution in [1.29, 1.82) is 0 Å². The minimum absolute atomic E-state index is 0.322. The number of anilines is 1. The van der Waals surface area contributed by atoms with Crippen LogP contribution >= 0.6 is 0 Å². The molecule has 0 aromatic heterocycles.